The molecule has 5 heteroatoms. The van der Waals surface area contributed by atoms with Crippen molar-refractivity contribution in [2.75, 3.05) is 12.3 Å². The van der Waals surface area contributed by atoms with Gasteiger partial charge in [-0.3, -0.25) is 5.32 Å². The zero-order valence-corrected chi connectivity index (χ0v) is 11.8. The molecule has 4 nitrogen and oxygen atoms in total. The number of nitrogens with zero attached hydrogens (tertiary/aromatic N) is 3. The van der Waals surface area contributed by atoms with Crippen LogP contribution in [0.15, 0.2) is 25.3 Å². The van der Waals surface area contributed by atoms with Crippen LogP contribution in [0.1, 0.15) is 38.6 Å². The molecule has 1 N–H and O–H groups in total. The van der Waals surface area contributed by atoms with Crippen LogP contribution in [0.3, 0.4) is 0 Å². The van der Waals surface area contributed by atoms with Crippen molar-refractivity contribution in [3.8, 4) is 0 Å². The molecule has 18 heavy (non-hydrogen) atoms. The fourth-order valence-electron chi connectivity index (χ4n) is 2.56. The molecule has 1 aromatic rings. The third kappa shape index (κ3) is 2.78. The molecule has 0 amide bonds. The van der Waals surface area contributed by atoms with Gasteiger partial charge in [-0.2, -0.15) is 5.10 Å². The van der Waals surface area contributed by atoms with Crippen LogP contribution >= 0.6 is 11.8 Å². The van der Waals surface area contributed by atoms with Crippen LogP contribution in [-0.4, -0.2) is 31.9 Å². The van der Waals surface area contributed by atoms with Crippen molar-refractivity contribution in [3.05, 3.63) is 25.3 Å². The first kappa shape index (κ1) is 13.6. The van der Waals surface area contributed by atoms with Crippen LogP contribution in [0, 0.1) is 0 Å². The molecule has 1 aliphatic heterocycles. The predicted octanol–water partition coefficient (Wildman–Crippen LogP) is 2.62. The lowest BCUT2D eigenvalue weighted by Gasteiger charge is -2.35. The van der Waals surface area contributed by atoms with Crippen LogP contribution < -0.4 is 5.32 Å². The summed E-state index contributed by atoms with van der Waals surface area (Å²) in [5.41, 5.74) is 0. The van der Waals surface area contributed by atoms with E-state index < -0.39 is 0 Å². The quantitative estimate of drug-likeness (QED) is 0.608. The molecular weight excluding hydrogens is 244 g/mol. The van der Waals surface area contributed by atoms with Gasteiger partial charge in [0, 0.05) is 12.3 Å². The van der Waals surface area contributed by atoms with E-state index in [1.807, 2.05) is 22.5 Å². The van der Waals surface area contributed by atoms with E-state index in [0.717, 1.165) is 18.7 Å². The highest BCUT2D eigenvalue weighted by atomic mass is 32.2. The average Bonchev–Trinajstić information content (AvgIpc) is 3.03. The summed E-state index contributed by atoms with van der Waals surface area (Å²) in [6.07, 6.45) is 10.3. The second kappa shape index (κ2) is 6.38. The molecule has 0 radical (unpaired) electrons. The van der Waals surface area contributed by atoms with Gasteiger partial charge in [0.05, 0.1) is 10.9 Å². The van der Waals surface area contributed by atoms with E-state index >= 15 is 0 Å². The second-order valence-electron chi connectivity index (χ2n) is 4.68. The summed E-state index contributed by atoms with van der Waals surface area (Å²) < 4.78 is 1.92. The summed E-state index contributed by atoms with van der Waals surface area (Å²) in [7, 11) is 0. The molecule has 2 unspecified atom stereocenters. The highest BCUT2D eigenvalue weighted by Gasteiger charge is 2.41. The standard InChI is InChI=1S/C13H22N4S/c1-3-5-6-7-13(15-8-9-18-13)12(4-2)17-11-14-10-16-17/h4,10-12,15H,2-3,5-9H2,1H3. The Morgan fingerprint density at radius 3 is 3.06 bits per heavy atom. The molecule has 1 saturated heterocycles. The van der Waals surface area contributed by atoms with Crippen LogP contribution in [-0.2, 0) is 0 Å². The van der Waals surface area contributed by atoms with Crippen molar-refractivity contribution in [2.45, 2.75) is 43.5 Å². The van der Waals surface area contributed by atoms with Gasteiger partial charge in [-0.25, -0.2) is 9.67 Å². The molecule has 0 saturated carbocycles. The summed E-state index contributed by atoms with van der Waals surface area (Å²) in [5.74, 6) is 1.16. The van der Waals surface area contributed by atoms with Crippen molar-refractivity contribution < 1.29 is 0 Å². The minimum atomic E-state index is 0.0463. The van der Waals surface area contributed by atoms with Crippen molar-refractivity contribution in [2.24, 2.45) is 0 Å². The predicted molar refractivity (Wildman–Crippen MR) is 76.6 cm³/mol. The Morgan fingerprint density at radius 2 is 2.50 bits per heavy atom. The van der Waals surface area contributed by atoms with Crippen molar-refractivity contribution >= 4 is 11.8 Å². The molecule has 1 aromatic heterocycles. The maximum absolute atomic E-state index is 4.29. The minimum Gasteiger partial charge on any atom is -0.300 e. The molecule has 0 spiro atoms. The summed E-state index contributed by atoms with van der Waals surface area (Å²) in [6, 6.07) is 0.171. The van der Waals surface area contributed by atoms with Gasteiger partial charge < -0.3 is 0 Å². The van der Waals surface area contributed by atoms with E-state index in [0.29, 0.717) is 0 Å². The Labute approximate surface area is 113 Å². The van der Waals surface area contributed by atoms with Crippen LogP contribution in [0.5, 0.6) is 0 Å². The zero-order valence-electron chi connectivity index (χ0n) is 11.0. The molecule has 0 aliphatic carbocycles. The SMILES string of the molecule is C=CC(n1cncn1)C1(CCCCC)NCCS1. The summed E-state index contributed by atoms with van der Waals surface area (Å²) in [6.45, 7) is 7.30. The lowest BCUT2D eigenvalue weighted by atomic mass is 10.00. The third-order valence-electron chi connectivity index (χ3n) is 3.46. The van der Waals surface area contributed by atoms with Crippen molar-refractivity contribution in [1.82, 2.24) is 20.1 Å². The van der Waals surface area contributed by atoms with Crippen molar-refractivity contribution in [1.29, 1.82) is 0 Å². The van der Waals surface area contributed by atoms with Gasteiger partial charge >= 0.3 is 0 Å². The Hall–Kier alpha value is -0.810. The van der Waals surface area contributed by atoms with E-state index in [2.05, 4.69) is 28.9 Å². The molecule has 1 aliphatic rings. The number of hydrogen-bond donors (Lipinski definition) is 1. The largest absolute Gasteiger partial charge is 0.300 e. The van der Waals surface area contributed by atoms with E-state index in [1.165, 1.54) is 19.3 Å². The smallest absolute Gasteiger partial charge is 0.137 e. The first-order valence-corrected chi connectivity index (χ1v) is 7.66. The maximum atomic E-state index is 4.29. The second-order valence-corrected chi connectivity index (χ2v) is 6.10. The van der Waals surface area contributed by atoms with E-state index in [9.17, 15) is 0 Å². The Bertz CT molecular complexity index is 357. The summed E-state index contributed by atoms with van der Waals surface area (Å²) in [4.78, 5) is 4.10. The van der Waals surface area contributed by atoms with Crippen LogP contribution in [0.25, 0.3) is 0 Å². The molecule has 2 heterocycles. The summed E-state index contributed by atoms with van der Waals surface area (Å²) in [5, 5.41) is 7.96. The topological polar surface area (TPSA) is 42.7 Å². The molecule has 0 bridgehead atoms. The van der Waals surface area contributed by atoms with Gasteiger partial charge in [0.2, 0.25) is 0 Å². The van der Waals surface area contributed by atoms with Gasteiger partial charge in [0.15, 0.2) is 0 Å². The van der Waals surface area contributed by atoms with Crippen molar-refractivity contribution in [3.63, 3.8) is 0 Å². The zero-order chi connectivity index (χ0) is 12.8. The number of rotatable bonds is 7. The number of aromatic nitrogens is 3. The van der Waals surface area contributed by atoms with E-state index in [-0.39, 0.29) is 10.9 Å². The first-order chi connectivity index (χ1) is 8.82. The molecule has 2 atom stereocenters. The number of nitrogens with one attached hydrogen (secondary N) is 1. The fraction of sp³-hybridized carbons (Fsp3) is 0.692. The Kier molecular flexibility index (Phi) is 4.83. The highest BCUT2D eigenvalue weighted by molar-refractivity contribution is 8.00. The molecular formula is C13H22N4S. The normalized spacial score (nSPS) is 25.2. The average molecular weight is 266 g/mol. The van der Waals surface area contributed by atoms with Gasteiger partial charge in [0.1, 0.15) is 12.7 Å². The van der Waals surface area contributed by atoms with Gasteiger partial charge in [-0.05, 0) is 6.42 Å². The monoisotopic (exact) mass is 266 g/mol. The highest BCUT2D eigenvalue weighted by Crippen LogP contribution is 2.41. The number of thioether (sulfide) groups is 1. The minimum absolute atomic E-state index is 0.0463. The third-order valence-corrected chi connectivity index (χ3v) is 4.97. The van der Waals surface area contributed by atoms with Gasteiger partial charge in [0.25, 0.3) is 0 Å². The van der Waals surface area contributed by atoms with Crippen LogP contribution in [0.2, 0.25) is 0 Å². The van der Waals surface area contributed by atoms with Crippen LogP contribution in [0.4, 0.5) is 0 Å². The molecule has 2 rings (SSSR count). The van der Waals surface area contributed by atoms with E-state index in [4.69, 9.17) is 0 Å². The maximum Gasteiger partial charge on any atom is 0.137 e. The lowest BCUT2D eigenvalue weighted by molar-refractivity contribution is 0.331. The molecule has 0 aromatic carbocycles. The fourth-order valence-corrected chi connectivity index (χ4v) is 3.99. The first-order valence-electron chi connectivity index (χ1n) is 6.68. The molecule has 100 valence electrons. The Balaban J connectivity index is 2.14. The van der Waals surface area contributed by atoms with Gasteiger partial charge in [-0.15, -0.1) is 18.3 Å². The number of unbranched alkanes of at least 4 members (excludes halogenated alkanes) is 2. The summed E-state index contributed by atoms with van der Waals surface area (Å²) >= 11 is 2.00. The van der Waals surface area contributed by atoms with E-state index in [1.54, 1.807) is 12.7 Å². The Morgan fingerprint density at radius 1 is 1.61 bits per heavy atom. The lowest BCUT2D eigenvalue weighted by Crippen LogP contribution is -2.45. The van der Waals surface area contributed by atoms with Gasteiger partial charge in [-0.1, -0.05) is 32.3 Å². The number of hydrogen-bond acceptors (Lipinski definition) is 4. The molecule has 1 fully saturated rings.